The lowest BCUT2D eigenvalue weighted by atomic mass is 10.2. The van der Waals surface area contributed by atoms with Gasteiger partial charge in [-0.25, -0.2) is 4.39 Å². The van der Waals surface area contributed by atoms with Crippen LogP contribution in [0.3, 0.4) is 0 Å². The molecule has 0 aliphatic carbocycles. The van der Waals surface area contributed by atoms with E-state index in [0.29, 0.717) is 18.7 Å². The first-order valence-electron chi connectivity index (χ1n) is 5.40. The van der Waals surface area contributed by atoms with Crippen molar-refractivity contribution >= 4 is 12.0 Å². The molecule has 16 heavy (non-hydrogen) atoms. The number of hydrogen-bond donors (Lipinski definition) is 0. The van der Waals surface area contributed by atoms with Crippen LogP contribution in [-0.2, 0) is 4.79 Å². The van der Waals surface area contributed by atoms with E-state index >= 15 is 0 Å². The van der Waals surface area contributed by atoms with Crippen LogP contribution in [0.2, 0.25) is 0 Å². The monoisotopic (exact) mass is 221 g/mol. The Bertz CT molecular complexity index is 383. The zero-order valence-electron chi connectivity index (χ0n) is 9.61. The molecule has 0 radical (unpaired) electrons. The topological polar surface area (TPSA) is 20.3 Å². The largest absolute Gasteiger partial charge is 0.340 e. The quantitative estimate of drug-likeness (QED) is 0.716. The van der Waals surface area contributed by atoms with Gasteiger partial charge in [-0.1, -0.05) is 18.2 Å². The van der Waals surface area contributed by atoms with Crippen molar-refractivity contribution in [3.05, 3.63) is 41.7 Å². The molecule has 0 aliphatic rings. The molecule has 0 atom stereocenters. The van der Waals surface area contributed by atoms with Crippen molar-refractivity contribution in [3.63, 3.8) is 0 Å². The highest BCUT2D eigenvalue weighted by atomic mass is 19.1. The SMILES string of the molecule is CCN(CC)C(=O)C=Cc1ccccc1F. The number of nitrogens with zero attached hydrogens (tertiary/aromatic N) is 1. The molecule has 1 aromatic carbocycles. The minimum Gasteiger partial charge on any atom is -0.340 e. The summed E-state index contributed by atoms with van der Waals surface area (Å²) in [5, 5.41) is 0. The van der Waals surface area contributed by atoms with Gasteiger partial charge in [-0.3, -0.25) is 4.79 Å². The first kappa shape index (κ1) is 12.4. The maximum Gasteiger partial charge on any atom is 0.246 e. The highest BCUT2D eigenvalue weighted by molar-refractivity contribution is 5.91. The van der Waals surface area contributed by atoms with Gasteiger partial charge in [-0.05, 0) is 26.0 Å². The van der Waals surface area contributed by atoms with E-state index < -0.39 is 0 Å². The molecule has 0 unspecified atom stereocenters. The predicted octanol–water partition coefficient (Wildman–Crippen LogP) is 2.71. The third kappa shape index (κ3) is 3.19. The highest BCUT2D eigenvalue weighted by Crippen LogP contribution is 2.08. The molecular weight excluding hydrogens is 205 g/mol. The molecule has 3 heteroatoms. The molecule has 0 fully saturated rings. The zero-order chi connectivity index (χ0) is 12.0. The fourth-order valence-corrected chi connectivity index (χ4v) is 1.41. The van der Waals surface area contributed by atoms with Gasteiger partial charge in [0, 0.05) is 24.7 Å². The Hall–Kier alpha value is -1.64. The summed E-state index contributed by atoms with van der Waals surface area (Å²) in [5.41, 5.74) is 0.433. The van der Waals surface area contributed by atoms with Crippen LogP contribution in [0.5, 0.6) is 0 Å². The number of rotatable bonds is 4. The van der Waals surface area contributed by atoms with Crippen LogP contribution in [-0.4, -0.2) is 23.9 Å². The van der Waals surface area contributed by atoms with Gasteiger partial charge in [0.15, 0.2) is 0 Å². The minimum absolute atomic E-state index is 0.0896. The summed E-state index contributed by atoms with van der Waals surface area (Å²) >= 11 is 0. The van der Waals surface area contributed by atoms with E-state index in [1.165, 1.54) is 18.2 Å². The maximum absolute atomic E-state index is 13.2. The zero-order valence-corrected chi connectivity index (χ0v) is 9.61. The fraction of sp³-hybridized carbons (Fsp3) is 0.308. The average Bonchev–Trinajstić information content (AvgIpc) is 2.29. The lowest BCUT2D eigenvalue weighted by Gasteiger charge is -2.15. The van der Waals surface area contributed by atoms with E-state index in [0.717, 1.165) is 0 Å². The molecule has 0 saturated carbocycles. The van der Waals surface area contributed by atoms with Gasteiger partial charge in [0.05, 0.1) is 0 Å². The Morgan fingerprint density at radius 1 is 1.31 bits per heavy atom. The average molecular weight is 221 g/mol. The third-order valence-corrected chi connectivity index (χ3v) is 2.39. The minimum atomic E-state index is -0.314. The molecule has 0 N–H and O–H groups in total. The molecule has 1 aromatic rings. The summed E-state index contributed by atoms with van der Waals surface area (Å²) in [4.78, 5) is 13.3. The van der Waals surface area contributed by atoms with Crippen LogP contribution in [0.15, 0.2) is 30.3 Å². The van der Waals surface area contributed by atoms with Crippen LogP contribution in [0.1, 0.15) is 19.4 Å². The van der Waals surface area contributed by atoms with Gasteiger partial charge in [0.2, 0.25) is 5.91 Å². The van der Waals surface area contributed by atoms with Crippen LogP contribution < -0.4 is 0 Å². The van der Waals surface area contributed by atoms with E-state index in [1.807, 2.05) is 13.8 Å². The van der Waals surface area contributed by atoms with Gasteiger partial charge in [-0.15, -0.1) is 0 Å². The molecule has 0 heterocycles. The molecular formula is C13H16FNO. The summed E-state index contributed by atoms with van der Waals surface area (Å²) in [5.74, 6) is -0.403. The maximum atomic E-state index is 13.2. The van der Waals surface area contributed by atoms with E-state index in [4.69, 9.17) is 0 Å². The first-order chi connectivity index (χ1) is 7.69. The van der Waals surface area contributed by atoms with Crippen molar-refractivity contribution in [1.29, 1.82) is 0 Å². The van der Waals surface area contributed by atoms with Gasteiger partial charge in [0.25, 0.3) is 0 Å². The molecule has 2 nitrogen and oxygen atoms in total. The second kappa shape index (κ2) is 6.05. The highest BCUT2D eigenvalue weighted by Gasteiger charge is 2.05. The van der Waals surface area contributed by atoms with Crippen molar-refractivity contribution in [2.24, 2.45) is 0 Å². The summed E-state index contributed by atoms with van der Waals surface area (Å²) in [7, 11) is 0. The number of hydrogen-bond acceptors (Lipinski definition) is 1. The number of carbonyl (C=O) groups is 1. The summed E-state index contributed by atoms with van der Waals surface area (Å²) in [6, 6.07) is 6.38. The molecule has 0 spiro atoms. The summed E-state index contributed by atoms with van der Waals surface area (Å²) < 4.78 is 13.2. The van der Waals surface area contributed by atoms with Crippen LogP contribution in [0.4, 0.5) is 4.39 Å². The number of carbonyl (C=O) groups excluding carboxylic acids is 1. The van der Waals surface area contributed by atoms with Gasteiger partial charge in [-0.2, -0.15) is 0 Å². The van der Waals surface area contributed by atoms with E-state index in [9.17, 15) is 9.18 Å². The Labute approximate surface area is 95.4 Å². The fourth-order valence-electron chi connectivity index (χ4n) is 1.41. The smallest absolute Gasteiger partial charge is 0.246 e. The molecule has 0 aliphatic heterocycles. The molecule has 0 bridgehead atoms. The second-order valence-electron chi connectivity index (χ2n) is 3.37. The van der Waals surface area contributed by atoms with Crippen molar-refractivity contribution in [3.8, 4) is 0 Å². The lowest BCUT2D eigenvalue weighted by molar-refractivity contribution is -0.125. The van der Waals surface area contributed by atoms with Crippen molar-refractivity contribution < 1.29 is 9.18 Å². The normalized spacial score (nSPS) is 10.7. The van der Waals surface area contributed by atoms with Crippen molar-refractivity contribution in [1.82, 2.24) is 4.90 Å². The van der Waals surface area contributed by atoms with E-state index in [2.05, 4.69) is 0 Å². The molecule has 0 saturated heterocycles. The second-order valence-corrected chi connectivity index (χ2v) is 3.37. The van der Waals surface area contributed by atoms with E-state index in [1.54, 1.807) is 23.1 Å². The van der Waals surface area contributed by atoms with Gasteiger partial charge in [0.1, 0.15) is 5.82 Å². The Morgan fingerprint density at radius 2 is 1.94 bits per heavy atom. The summed E-state index contributed by atoms with van der Waals surface area (Å²) in [6.45, 7) is 5.16. The standard InChI is InChI=1S/C13H16FNO/c1-3-15(4-2)13(16)10-9-11-7-5-6-8-12(11)14/h5-10H,3-4H2,1-2H3. The Morgan fingerprint density at radius 3 is 2.50 bits per heavy atom. The number of halogens is 1. The van der Waals surface area contributed by atoms with Crippen LogP contribution in [0, 0.1) is 5.82 Å². The Kier molecular flexibility index (Phi) is 4.70. The summed E-state index contributed by atoms with van der Waals surface area (Å²) in [6.07, 6.45) is 2.92. The van der Waals surface area contributed by atoms with E-state index in [-0.39, 0.29) is 11.7 Å². The number of benzene rings is 1. The van der Waals surface area contributed by atoms with Crippen LogP contribution >= 0.6 is 0 Å². The van der Waals surface area contributed by atoms with Crippen molar-refractivity contribution in [2.75, 3.05) is 13.1 Å². The number of likely N-dealkylation sites (N-methyl/N-ethyl adjacent to an activating group) is 1. The number of amides is 1. The lowest BCUT2D eigenvalue weighted by Crippen LogP contribution is -2.28. The Balaban J connectivity index is 2.74. The van der Waals surface area contributed by atoms with Crippen LogP contribution in [0.25, 0.3) is 6.08 Å². The van der Waals surface area contributed by atoms with Gasteiger partial charge < -0.3 is 4.90 Å². The van der Waals surface area contributed by atoms with Crippen molar-refractivity contribution in [2.45, 2.75) is 13.8 Å². The molecule has 1 rings (SSSR count). The first-order valence-corrected chi connectivity index (χ1v) is 5.40. The molecule has 86 valence electrons. The predicted molar refractivity (Wildman–Crippen MR) is 63.4 cm³/mol. The molecule has 0 aromatic heterocycles. The van der Waals surface area contributed by atoms with Gasteiger partial charge >= 0.3 is 0 Å². The third-order valence-electron chi connectivity index (χ3n) is 2.39. The molecule has 1 amide bonds.